The Hall–Kier alpha value is -1.00. The molecule has 0 saturated carbocycles. The average molecular weight is 236 g/mol. The van der Waals surface area contributed by atoms with Crippen LogP contribution in [0.3, 0.4) is 0 Å². The number of para-hydroxylation sites is 1. The normalized spacial score (nSPS) is 21.1. The molecule has 0 aliphatic carbocycles. The smallest absolute Gasteiger partial charge is 0.165 e. The summed E-state index contributed by atoms with van der Waals surface area (Å²) in [4.78, 5) is 5.49. The van der Waals surface area contributed by atoms with Crippen LogP contribution in [0, 0.1) is 0 Å². The molecular weight excluding hydrogens is 220 g/mol. The number of benzene rings is 1. The summed E-state index contributed by atoms with van der Waals surface area (Å²) in [7, 11) is 0. The first kappa shape index (κ1) is 11.5. The van der Waals surface area contributed by atoms with E-state index >= 15 is 0 Å². The highest BCUT2D eigenvalue weighted by Crippen LogP contribution is 2.37. The zero-order valence-electron chi connectivity index (χ0n) is 9.51. The second-order valence-electron chi connectivity index (χ2n) is 3.81. The third-order valence-corrected chi connectivity index (χ3v) is 3.69. The number of nitrogens with two attached hydrogens (primary N) is 1. The lowest BCUT2D eigenvalue weighted by atomic mass is 10.3. The van der Waals surface area contributed by atoms with Crippen LogP contribution in [0.1, 0.15) is 20.3 Å². The van der Waals surface area contributed by atoms with Crippen LogP contribution < -0.4 is 5.73 Å². The number of hydrogen-bond donors (Lipinski definition) is 1. The summed E-state index contributed by atoms with van der Waals surface area (Å²) in [5.74, 6) is 0.559. The summed E-state index contributed by atoms with van der Waals surface area (Å²) in [5, 5.41) is 0. The molecule has 2 rings (SSSR count). The molecule has 86 valence electrons. The number of ether oxygens (including phenoxy) is 1. The highest BCUT2D eigenvalue weighted by molar-refractivity contribution is 8.00. The number of hydrogen-bond acceptors (Lipinski definition) is 4. The van der Waals surface area contributed by atoms with Crippen LogP contribution in [0.4, 0.5) is 5.69 Å². The minimum atomic E-state index is -0.148. The molecule has 1 aliphatic heterocycles. The molecular formula is C12H16N2OS. The van der Waals surface area contributed by atoms with Gasteiger partial charge in [0, 0.05) is 4.90 Å². The molecule has 1 aliphatic rings. The van der Waals surface area contributed by atoms with Crippen molar-refractivity contribution in [3.63, 3.8) is 0 Å². The number of aliphatic imine (C=N–C) groups is 1. The standard InChI is InChI=1S/C12H16N2OS/c1-3-8(2)15-12-11(13)14-9-6-4-5-7-10(9)16-12/h4-8,12H,3H2,1-2H3,(H2,13,14). The minimum Gasteiger partial charge on any atom is -0.384 e. The van der Waals surface area contributed by atoms with Gasteiger partial charge in [-0.2, -0.15) is 0 Å². The third kappa shape index (κ3) is 2.39. The summed E-state index contributed by atoms with van der Waals surface area (Å²) in [6, 6.07) is 7.98. The van der Waals surface area contributed by atoms with E-state index in [0.717, 1.165) is 17.0 Å². The van der Waals surface area contributed by atoms with Crippen LogP contribution in [0.15, 0.2) is 34.2 Å². The predicted molar refractivity (Wildman–Crippen MR) is 68.2 cm³/mol. The van der Waals surface area contributed by atoms with Crippen molar-refractivity contribution in [2.24, 2.45) is 10.7 Å². The Morgan fingerprint density at radius 1 is 1.50 bits per heavy atom. The topological polar surface area (TPSA) is 47.6 Å². The molecule has 4 heteroatoms. The Balaban J connectivity index is 2.17. The predicted octanol–water partition coefficient (Wildman–Crippen LogP) is 2.92. The molecule has 0 aromatic heterocycles. The summed E-state index contributed by atoms with van der Waals surface area (Å²) in [5.41, 5.74) is 6.69. The zero-order valence-corrected chi connectivity index (χ0v) is 10.3. The second kappa shape index (κ2) is 4.89. The van der Waals surface area contributed by atoms with Gasteiger partial charge in [0.1, 0.15) is 5.84 Å². The van der Waals surface area contributed by atoms with Crippen molar-refractivity contribution < 1.29 is 4.74 Å². The molecule has 3 nitrogen and oxygen atoms in total. The maximum atomic E-state index is 5.90. The lowest BCUT2D eigenvalue weighted by Gasteiger charge is -2.24. The first-order valence-corrected chi connectivity index (χ1v) is 6.34. The van der Waals surface area contributed by atoms with E-state index in [1.807, 2.05) is 31.2 Å². The number of amidine groups is 1. The van der Waals surface area contributed by atoms with Crippen molar-refractivity contribution in [3.8, 4) is 0 Å². The summed E-state index contributed by atoms with van der Waals surface area (Å²) in [6.45, 7) is 4.15. The van der Waals surface area contributed by atoms with Gasteiger partial charge in [0.2, 0.25) is 0 Å². The SMILES string of the molecule is CCC(C)OC1Sc2ccccc2N=C1N. The molecule has 1 aromatic rings. The quantitative estimate of drug-likeness (QED) is 0.877. The first-order valence-electron chi connectivity index (χ1n) is 5.46. The van der Waals surface area contributed by atoms with Crippen molar-refractivity contribution in [2.45, 2.75) is 36.7 Å². The molecule has 0 fully saturated rings. The monoisotopic (exact) mass is 236 g/mol. The molecule has 0 saturated heterocycles. The van der Waals surface area contributed by atoms with Crippen LogP contribution in [0.25, 0.3) is 0 Å². The molecule has 0 radical (unpaired) electrons. The Kier molecular flexibility index (Phi) is 3.51. The molecule has 2 atom stereocenters. The van der Waals surface area contributed by atoms with E-state index in [4.69, 9.17) is 10.5 Å². The van der Waals surface area contributed by atoms with E-state index in [-0.39, 0.29) is 11.5 Å². The summed E-state index contributed by atoms with van der Waals surface area (Å²) < 4.78 is 5.82. The molecule has 16 heavy (non-hydrogen) atoms. The first-order chi connectivity index (χ1) is 7.70. The molecule has 0 bridgehead atoms. The minimum absolute atomic E-state index is 0.148. The molecule has 1 heterocycles. The Labute approximate surface area is 100 Å². The Morgan fingerprint density at radius 3 is 3.00 bits per heavy atom. The lowest BCUT2D eigenvalue weighted by Crippen LogP contribution is -2.32. The van der Waals surface area contributed by atoms with Gasteiger partial charge in [0.25, 0.3) is 0 Å². The van der Waals surface area contributed by atoms with Gasteiger partial charge in [-0.1, -0.05) is 30.8 Å². The van der Waals surface area contributed by atoms with Crippen molar-refractivity contribution >= 4 is 23.3 Å². The average Bonchev–Trinajstić information content (AvgIpc) is 2.30. The summed E-state index contributed by atoms with van der Waals surface area (Å²) in [6.07, 6.45) is 1.18. The maximum absolute atomic E-state index is 5.90. The molecule has 2 N–H and O–H groups in total. The fraction of sp³-hybridized carbons (Fsp3) is 0.417. The summed E-state index contributed by atoms with van der Waals surface area (Å²) >= 11 is 1.63. The van der Waals surface area contributed by atoms with Crippen LogP contribution in [-0.4, -0.2) is 17.4 Å². The molecule has 2 unspecified atom stereocenters. The van der Waals surface area contributed by atoms with Crippen molar-refractivity contribution in [2.75, 3.05) is 0 Å². The number of rotatable bonds is 3. The van der Waals surface area contributed by atoms with E-state index in [0.29, 0.717) is 5.84 Å². The number of fused-ring (bicyclic) bond motifs is 1. The lowest BCUT2D eigenvalue weighted by molar-refractivity contribution is 0.0750. The van der Waals surface area contributed by atoms with Gasteiger partial charge in [-0.25, -0.2) is 4.99 Å². The fourth-order valence-electron chi connectivity index (χ4n) is 1.42. The number of thioether (sulfide) groups is 1. The maximum Gasteiger partial charge on any atom is 0.165 e. The van der Waals surface area contributed by atoms with Crippen LogP contribution in [-0.2, 0) is 4.74 Å². The zero-order chi connectivity index (χ0) is 11.5. The van der Waals surface area contributed by atoms with Gasteiger partial charge in [-0.15, -0.1) is 0 Å². The molecule has 1 aromatic carbocycles. The van der Waals surface area contributed by atoms with Gasteiger partial charge >= 0.3 is 0 Å². The van der Waals surface area contributed by atoms with E-state index in [1.165, 1.54) is 0 Å². The highest BCUT2D eigenvalue weighted by atomic mass is 32.2. The van der Waals surface area contributed by atoms with E-state index in [9.17, 15) is 0 Å². The van der Waals surface area contributed by atoms with Crippen LogP contribution >= 0.6 is 11.8 Å². The molecule has 0 spiro atoms. The third-order valence-electron chi connectivity index (χ3n) is 2.52. The van der Waals surface area contributed by atoms with Gasteiger partial charge in [0.15, 0.2) is 5.44 Å². The van der Waals surface area contributed by atoms with Crippen LogP contribution in [0.2, 0.25) is 0 Å². The Morgan fingerprint density at radius 2 is 2.25 bits per heavy atom. The number of nitrogens with zero attached hydrogens (tertiary/aromatic N) is 1. The van der Waals surface area contributed by atoms with Gasteiger partial charge in [-0.3, -0.25) is 0 Å². The van der Waals surface area contributed by atoms with E-state index < -0.39 is 0 Å². The van der Waals surface area contributed by atoms with Gasteiger partial charge in [-0.05, 0) is 25.5 Å². The van der Waals surface area contributed by atoms with Crippen LogP contribution in [0.5, 0.6) is 0 Å². The van der Waals surface area contributed by atoms with Crippen molar-refractivity contribution in [1.82, 2.24) is 0 Å². The van der Waals surface area contributed by atoms with Crippen molar-refractivity contribution in [1.29, 1.82) is 0 Å². The van der Waals surface area contributed by atoms with Gasteiger partial charge in [0.05, 0.1) is 11.8 Å². The van der Waals surface area contributed by atoms with E-state index in [2.05, 4.69) is 11.9 Å². The van der Waals surface area contributed by atoms with Crippen molar-refractivity contribution in [3.05, 3.63) is 24.3 Å². The fourth-order valence-corrected chi connectivity index (χ4v) is 2.46. The second-order valence-corrected chi connectivity index (χ2v) is 4.91. The highest BCUT2D eigenvalue weighted by Gasteiger charge is 2.23. The van der Waals surface area contributed by atoms with Gasteiger partial charge < -0.3 is 10.5 Å². The largest absolute Gasteiger partial charge is 0.384 e. The van der Waals surface area contributed by atoms with E-state index in [1.54, 1.807) is 11.8 Å². The Bertz CT molecular complexity index is 406. The molecule has 0 amide bonds.